The van der Waals surface area contributed by atoms with Crippen LogP contribution in [0.15, 0.2) is 64.3 Å². The third kappa shape index (κ3) is 4.33. The Hall–Kier alpha value is -2.97. The first kappa shape index (κ1) is 22.2. The van der Waals surface area contributed by atoms with Crippen molar-refractivity contribution in [2.45, 2.75) is 50.1 Å². The molecule has 3 aromatic rings. The molecule has 2 atom stereocenters. The van der Waals surface area contributed by atoms with Gasteiger partial charge in [0.1, 0.15) is 0 Å². The Balaban J connectivity index is 1.73. The lowest BCUT2D eigenvalue weighted by Gasteiger charge is -2.32. The SMILES string of the molecule is CC(NC(=O)c1cc(=O)[nH]c2ccc(S(=O)(=O)N3CCCCC3C)cc12)c1ccccc1. The van der Waals surface area contributed by atoms with Crippen LogP contribution < -0.4 is 10.9 Å². The first-order valence-corrected chi connectivity index (χ1v) is 12.3. The number of fused-ring (bicyclic) bond motifs is 1. The molecule has 1 amide bonds. The summed E-state index contributed by atoms with van der Waals surface area (Å²) in [4.78, 5) is 28.1. The van der Waals surface area contributed by atoms with Crippen LogP contribution in [-0.4, -0.2) is 36.2 Å². The number of carbonyl (C=O) groups excluding carboxylic acids is 1. The molecule has 2 unspecified atom stereocenters. The van der Waals surface area contributed by atoms with Gasteiger partial charge in [-0.1, -0.05) is 36.8 Å². The number of aromatic amines is 1. The number of pyridine rings is 1. The zero-order chi connectivity index (χ0) is 22.9. The van der Waals surface area contributed by atoms with Crippen LogP contribution in [0.4, 0.5) is 0 Å². The van der Waals surface area contributed by atoms with Crippen LogP contribution in [0.5, 0.6) is 0 Å². The number of benzene rings is 2. The van der Waals surface area contributed by atoms with Crippen LogP contribution in [0, 0.1) is 0 Å². The minimum Gasteiger partial charge on any atom is -0.345 e. The molecule has 0 aliphatic carbocycles. The predicted molar refractivity (Wildman–Crippen MR) is 124 cm³/mol. The fourth-order valence-corrected chi connectivity index (χ4v) is 5.97. The van der Waals surface area contributed by atoms with Crippen molar-refractivity contribution < 1.29 is 13.2 Å². The smallest absolute Gasteiger partial charge is 0.252 e. The van der Waals surface area contributed by atoms with E-state index >= 15 is 0 Å². The summed E-state index contributed by atoms with van der Waals surface area (Å²) in [6.07, 6.45) is 2.66. The normalized spacial score (nSPS) is 18.4. The summed E-state index contributed by atoms with van der Waals surface area (Å²) in [5.74, 6) is -0.432. The third-order valence-corrected chi connectivity index (χ3v) is 8.06. The number of piperidine rings is 1. The van der Waals surface area contributed by atoms with Gasteiger partial charge in [0.25, 0.3) is 5.91 Å². The van der Waals surface area contributed by atoms with Crippen molar-refractivity contribution in [3.8, 4) is 0 Å². The Bertz CT molecular complexity index is 1300. The summed E-state index contributed by atoms with van der Waals surface area (Å²) in [5, 5.41) is 3.31. The van der Waals surface area contributed by atoms with E-state index in [1.807, 2.05) is 44.2 Å². The summed E-state index contributed by atoms with van der Waals surface area (Å²) in [7, 11) is -3.71. The van der Waals surface area contributed by atoms with E-state index in [1.165, 1.54) is 22.5 Å². The minimum atomic E-state index is -3.71. The van der Waals surface area contributed by atoms with Crippen molar-refractivity contribution in [3.05, 3.63) is 76.1 Å². The topological polar surface area (TPSA) is 99.3 Å². The molecule has 4 rings (SSSR count). The van der Waals surface area contributed by atoms with Crippen LogP contribution >= 0.6 is 0 Å². The highest BCUT2D eigenvalue weighted by Crippen LogP contribution is 2.28. The molecule has 32 heavy (non-hydrogen) atoms. The van der Waals surface area contributed by atoms with Crippen molar-refractivity contribution in [2.75, 3.05) is 6.54 Å². The molecular formula is C24H27N3O4S. The molecule has 0 saturated carbocycles. The number of aromatic nitrogens is 1. The molecule has 2 N–H and O–H groups in total. The molecular weight excluding hydrogens is 426 g/mol. The molecule has 168 valence electrons. The van der Waals surface area contributed by atoms with E-state index in [0.29, 0.717) is 17.4 Å². The lowest BCUT2D eigenvalue weighted by atomic mass is 10.1. The van der Waals surface area contributed by atoms with Gasteiger partial charge in [-0.05, 0) is 50.5 Å². The van der Waals surface area contributed by atoms with E-state index in [9.17, 15) is 18.0 Å². The third-order valence-electron chi connectivity index (χ3n) is 6.05. The quantitative estimate of drug-likeness (QED) is 0.617. The number of amides is 1. The standard InChI is InChI=1S/C24H27N3O4S/c1-16-8-6-7-13-27(16)32(30,31)19-11-12-22-20(14-19)21(15-23(28)26-22)24(29)25-17(2)18-9-4-3-5-10-18/h3-5,9-12,14-17H,6-8,13H2,1-2H3,(H,25,29)(H,26,28). The van der Waals surface area contributed by atoms with Crippen LogP contribution in [-0.2, 0) is 10.0 Å². The van der Waals surface area contributed by atoms with Crippen molar-refractivity contribution in [3.63, 3.8) is 0 Å². The van der Waals surface area contributed by atoms with Crippen molar-refractivity contribution in [1.82, 2.24) is 14.6 Å². The van der Waals surface area contributed by atoms with Crippen molar-refractivity contribution >= 4 is 26.8 Å². The van der Waals surface area contributed by atoms with E-state index in [2.05, 4.69) is 10.3 Å². The number of rotatable bonds is 5. The van der Waals surface area contributed by atoms with Gasteiger partial charge in [-0.25, -0.2) is 8.42 Å². The summed E-state index contributed by atoms with van der Waals surface area (Å²) in [6.45, 7) is 4.25. The van der Waals surface area contributed by atoms with Crippen LogP contribution in [0.2, 0.25) is 0 Å². The zero-order valence-corrected chi connectivity index (χ0v) is 19.0. The van der Waals surface area contributed by atoms with E-state index in [-0.39, 0.29) is 22.5 Å². The molecule has 8 heteroatoms. The maximum Gasteiger partial charge on any atom is 0.252 e. The summed E-state index contributed by atoms with van der Waals surface area (Å²) in [5.41, 5.74) is 1.07. The number of hydrogen-bond acceptors (Lipinski definition) is 4. The Kier molecular flexibility index (Phi) is 6.17. The first-order chi connectivity index (χ1) is 15.3. The molecule has 0 bridgehead atoms. The number of nitrogens with zero attached hydrogens (tertiary/aromatic N) is 1. The Morgan fingerprint density at radius 1 is 1.12 bits per heavy atom. The number of carbonyl (C=O) groups is 1. The molecule has 2 aromatic carbocycles. The van der Waals surface area contributed by atoms with E-state index in [1.54, 1.807) is 6.07 Å². The highest BCUT2D eigenvalue weighted by atomic mass is 32.2. The summed E-state index contributed by atoms with van der Waals surface area (Å²) >= 11 is 0. The lowest BCUT2D eigenvalue weighted by Crippen LogP contribution is -2.41. The average Bonchev–Trinajstić information content (AvgIpc) is 2.78. The average molecular weight is 454 g/mol. The Morgan fingerprint density at radius 2 is 1.88 bits per heavy atom. The van der Waals surface area contributed by atoms with Gasteiger partial charge >= 0.3 is 0 Å². The molecule has 1 aliphatic heterocycles. The summed E-state index contributed by atoms with van der Waals surface area (Å²) in [6, 6.07) is 14.9. The molecule has 1 aromatic heterocycles. The molecule has 1 saturated heterocycles. The largest absolute Gasteiger partial charge is 0.345 e. The second kappa shape index (κ2) is 8.88. The molecule has 2 heterocycles. The maximum atomic E-state index is 13.3. The summed E-state index contributed by atoms with van der Waals surface area (Å²) < 4.78 is 28.1. The molecule has 7 nitrogen and oxygen atoms in total. The lowest BCUT2D eigenvalue weighted by molar-refractivity contribution is 0.0941. The molecule has 0 radical (unpaired) electrons. The van der Waals surface area contributed by atoms with E-state index in [4.69, 9.17) is 0 Å². The number of sulfonamides is 1. The fourth-order valence-electron chi connectivity index (χ4n) is 4.24. The molecule has 1 aliphatic rings. The van der Waals surface area contributed by atoms with Gasteiger partial charge in [0.15, 0.2) is 0 Å². The van der Waals surface area contributed by atoms with Crippen LogP contribution in [0.1, 0.15) is 55.1 Å². The van der Waals surface area contributed by atoms with Gasteiger partial charge in [0, 0.05) is 29.6 Å². The van der Waals surface area contributed by atoms with Crippen molar-refractivity contribution in [2.24, 2.45) is 0 Å². The van der Waals surface area contributed by atoms with Crippen molar-refractivity contribution in [1.29, 1.82) is 0 Å². The Labute approximate surface area is 187 Å². The van der Waals surface area contributed by atoms with Crippen LogP contribution in [0.25, 0.3) is 10.9 Å². The van der Waals surface area contributed by atoms with E-state index < -0.39 is 21.5 Å². The number of H-pyrrole nitrogens is 1. The van der Waals surface area contributed by atoms with Crippen LogP contribution in [0.3, 0.4) is 0 Å². The number of nitrogens with one attached hydrogen (secondary N) is 2. The monoisotopic (exact) mass is 453 g/mol. The van der Waals surface area contributed by atoms with Gasteiger partial charge in [0.05, 0.1) is 16.5 Å². The van der Waals surface area contributed by atoms with E-state index in [0.717, 1.165) is 24.8 Å². The molecule has 0 spiro atoms. The van der Waals surface area contributed by atoms with Gasteiger partial charge < -0.3 is 10.3 Å². The Morgan fingerprint density at radius 3 is 2.59 bits per heavy atom. The first-order valence-electron chi connectivity index (χ1n) is 10.8. The fraction of sp³-hybridized carbons (Fsp3) is 0.333. The minimum absolute atomic E-state index is 0.0745. The maximum absolute atomic E-state index is 13.3. The molecule has 1 fully saturated rings. The number of hydrogen-bond donors (Lipinski definition) is 2. The van der Waals surface area contributed by atoms with Gasteiger partial charge in [0.2, 0.25) is 15.6 Å². The van der Waals surface area contributed by atoms with Gasteiger partial charge in [-0.3, -0.25) is 9.59 Å². The highest BCUT2D eigenvalue weighted by molar-refractivity contribution is 7.89. The zero-order valence-electron chi connectivity index (χ0n) is 18.2. The predicted octanol–water partition coefficient (Wildman–Crippen LogP) is 3.58. The van der Waals surface area contributed by atoms with Gasteiger partial charge in [-0.15, -0.1) is 0 Å². The highest BCUT2D eigenvalue weighted by Gasteiger charge is 2.31. The second-order valence-electron chi connectivity index (χ2n) is 8.32. The van der Waals surface area contributed by atoms with Gasteiger partial charge in [-0.2, -0.15) is 4.31 Å². The second-order valence-corrected chi connectivity index (χ2v) is 10.2.